The van der Waals surface area contributed by atoms with E-state index in [0.29, 0.717) is 15.8 Å². The molecular weight excluding hydrogens is 285 g/mol. The van der Waals surface area contributed by atoms with Crippen LogP contribution in [0.15, 0.2) is 12.1 Å². The van der Waals surface area contributed by atoms with Gasteiger partial charge in [0.05, 0.1) is 18.2 Å². The fourth-order valence-electron chi connectivity index (χ4n) is 2.68. The first-order chi connectivity index (χ1) is 9.08. The Hall–Kier alpha value is -0.480. The summed E-state index contributed by atoms with van der Waals surface area (Å²) in [4.78, 5) is 0. The molecule has 1 aromatic rings. The molecule has 1 aromatic carbocycles. The molecule has 5 heteroatoms. The summed E-state index contributed by atoms with van der Waals surface area (Å²) in [6.07, 6.45) is 2.12. The molecule has 19 heavy (non-hydrogen) atoms. The molecule has 0 radical (unpaired) electrons. The van der Waals surface area contributed by atoms with Crippen molar-refractivity contribution in [3.05, 3.63) is 27.7 Å². The number of ether oxygens (including phenoxy) is 2. The first kappa shape index (κ1) is 14.9. The van der Waals surface area contributed by atoms with E-state index in [1.54, 1.807) is 19.2 Å². The standard InChI is InChI=1S/C14H19Cl2NO2/c1-3-12-8(4-5-19-12)14(17)9-6-11(16)13(18-2)7-10(9)15/h6-8,12,14H,3-5,17H2,1-2H3. The lowest BCUT2D eigenvalue weighted by Crippen LogP contribution is -2.28. The lowest BCUT2D eigenvalue weighted by molar-refractivity contribution is 0.0813. The molecule has 0 saturated carbocycles. The second kappa shape index (κ2) is 6.31. The Morgan fingerprint density at radius 2 is 2.16 bits per heavy atom. The molecule has 1 aliphatic rings. The van der Waals surface area contributed by atoms with Crippen LogP contribution < -0.4 is 10.5 Å². The number of benzene rings is 1. The topological polar surface area (TPSA) is 44.5 Å². The molecule has 1 fully saturated rings. The van der Waals surface area contributed by atoms with Gasteiger partial charge in [-0.1, -0.05) is 30.1 Å². The van der Waals surface area contributed by atoms with Crippen molar-refractivity contribution in [3.63, 3.8) is 0 Å². The molecule has 0 amide bonds. The normalized spacial score (nSPS) is 24.5. The highest BCUT2D eigenvalue weighted by molar-refractivity contribution is 6.34. The zero-order valence-electron chi connectivity index (χ0n) is 11.2. The van der Waals surface area contributed by atoms with Gasteiger partial charge in [-0.25, -0.2) is 0 Å². The Morgan fingerprint density at radius 1 is 1.42 bits per heavy atom. The quantitative estimate of drug-likeness (QED) is 0.919. The van der Waals surface area contributed by atoms with E-state index in [1.807, 2.05) is 0 Å². The Bertz CT molecular complexity index is 453. The van der Waals surface area contributed by atoms with Gasteiger partial charge in [0.1, 0.15) is 5.75 Å². The third-order valence-electron chi connectivity index (χ3n) is 3.75. The minimum Gasteiger partial charge on any atom is -0.495 e. The van der Waals surface area contributed by atoms with E-state index < -0.39 is 0 Å². The Balaban J connectivity index is 2.28. The highest BCUT2D eigenvalue weighted by atomic mass is 35.5. The molecule has 2 rings (SSSR count). The van der Waals surface area contributed by atoms with E-state index in [-0.39, 0.29) is 18.1 Å². The van der Waals surface area contributed by atoms with Gasteiger partial charge >= 0.3 is 0 Å². The minimum absolute atomic E-state index is 0.164. The molecule has 1 saturated heterocycles. The van der Waals surface area contributed by atoms with Crippen molar-refractivity contribution in [2.24, 2.45) is 11.7 Å². The molecule has 1 heterocycles. The van der Waals surface area contributed by atoms with Crippen LogP contribution in [0.5, 0.6) is 5.75 Å². The third-order valence-corrected chi connectivity index (χ3v) is 4.38. The SMILES string of the molecule is CCC1OCCC1C(N)c1cc(Cl)c(OC)cc1Cl. The summed E-state index contributed by atoms with van der Waals surface area (Å²) in [6.45, 7) is 2.87. The van der Waals surface area contributed by atoms with Gasteiger partial charge in [0.25, 0.3) is 0 Å². The largest absolute Gasteiger partial charge is 0.495 e. The van der Waals surface area contributed by atoms with E-state index in [1.165, 1.54) is 0 Å². The number of hydrogen-bond acceptors (Lipinski definition) is 3. The van der Waals surface area contributed by atoms with Crippen LogP contribution in [0.25, 0.3) is 0 Å². The number of rotatable bonds is 4. The lowest BCUT2D eigenvalue weighted by Gasteiger charge is -2.25. The molecule has 3 unspecified atom stereocenters. The van der Waals surface area contributed by atoms with Crippen molar-refractivity contribution in [3.8, 4) is 5.75 Å². The van der Waals surface area contributed by atoms with Gasteiger partial charge in [-0.2, -0.15) is 0 Å². The van der Waals surface area contributed by atoms with Gasteiger partial charge in [0.15, 0.2) is 0 Å². The first-order valence-electron chi connectivity index (χ1n) is 6.48. The fraction of sp³-hybridized carbons (Fsp3) is 0.571. The summed E-state index contributed by atoms with van der Waals surface area (Å²) in [7, 11) is 1.56. The average molecular weight is 304 g/mol. The molecule has 0 bridgehead atoms. The Kier molecular flexibility index (Phi) is 4.96. The predicted molar refractivity (Wildman–Crippen MR) is 78.1 cm³/mol. The van der Waals surface area contributed by atoms with E-state index in [4.69, 9.17) is 38.4 Å². The predicted octanol–water partition coefficient (Wildman–Crippen LogP) is 3.82. The van der Waals surface area contributed by atoms with Crippen LogP contribution in [-0.2, 0) is 4.74 Å². The summed E-state index contributed by atoms with van der Waals surface area (Å²) in [5.74, 6) is 0.851. The maximum atomic E-state index is 6.36. The highest BCUT2D eigenvalue weighted by Crippen LogP contribution is 2.39. The van der Waals surface area contributed by atoms with Crippen LogP contribution in [-0.4, -0.2) is 19.8 Å². The molecule has 0 spiro atoms. The van der Waals surface area contributed by atoms with Crippen molar-refractivity contribution < 1.29 is 9.47 Å². The summed E-state index contributed by atoms with van der Waals surface area (Å²) >= 11 is 12.4. The van der Waals surface area contributed by atoms with E-state index in [0.717, 1.165) is 25.0 Å². The van der Waals surface area contributed by atoms with Crippen LogP contribution in [0.4, 0.5) is 0 Å². The molecule has 0 aliphatic carbocycles. The number of nitrogens with two attached hydrogens (primary N) is 1. The molecule has 2 N–H and O–H groups in total. The van der Waals surface area contributed by atoms with Gasteiger partial charge < -0.3 is 15.2 Å². The summed E-state index contributed by atoms with van der Waals surface area (Å²) in [5, 5.41) is 1.12. The third kappa shape index (κ3) is 3.00. The summed E-state index contributed by atoms with van der Waals surface area (Å²) in [6, 6.07) is 3.36. The lowest BCUT2D eigenvalue weighted by atomic mass is 9.87. The molecule has 106 valence electrons. The summed E-state index contributed by atoms with van der Waals surface area (Å²) < 4.78 is 10.8. The zero-order chi connectivity index (χ0) is 14.0. The molecule has 3 nitrogen and oxygen atoms in total. The zero-order valence-corrected chi connectivity index (χ0v) is 12.7. The highest BCUT2D eigenvalue weighted by Gasteiger charge is 2.33. The van der Waals surface area contributed by atoms with Crippen molar-refractivity contribution in [1.29, 1.82) is 0 Å². The van der Waals surface area contributed by atoms with Gasteiger partial charge in [0.2, 0.25) is 0 Å². The van der Waals surface area contributed by atoms with Crippen LogP contribution in [0, 0.1) is 5.92 Å². The van der Waals surface area contributed by atoms with Crippen LogP contribution in [0.1, 0.15) is 31.4 Å². The maximum absolute atomic E-state index is 6.36. The Labute approximate surface area is 124 Å². The van der Waals surface area contributed by atoms with Crippen molar-refractivity contribution >= 4 is 23.2 Å². The molecular formula is C14H19Cl2NO2. The first-order valence-corrected chi connectivity index (χ1v) is 7.24. The van der Waals surface area contributed by atoms with Gasteiger partial charge in [0, 0.05) is 29.7 Å². The monoisotopic (exact) mass is 303 g/mol. The van der Waals surface area contributed by atoms with Gasteiger partial charge in [-0.15, -0.1) is 0 Å². The van der Waals surface area contributed by atoms with Gasteiger partial charge in [-0.05, 0) is 24.5 Å². The van der Waals surface area contributed by atoms with Crippen molar-refractivity contribution in [2.45, 2.75) is 31.9 Å². The molecule has 0 aromatic heterocycles. The average Bonchev–Trinajstić information content (AvgIpc) is 2.88. The Morgan fingerprint density at radius 3 is 2.79 bits per heavy atom. The second-order valence-electron chi connectivity index (χ2n) is 4.80. The second-order valence-corrected chi connectivity index (χ2v) is 5.62. The van der Waals surface area contributed by atoms with Gasteiger partial charge in [-0.3, -0.25) is 0 Å². The van der Waals surface area contributed by atoms with E-state index in [2.05, 4.69) is 6.92 Å². The minimum atomic E-state index is -0.164. The maximum Gasteiger partial charge on any atom is 0.138 e. The molecule has 3 atom stereocenters. The number of hydrogen-bond donors (Lipinski definition) is 1. The smallest absolute Gasteiger partial charge is 0.138 e. The van der Waals surface area contributed by atoms with E-state index in [9.17, 15) is 0 Å². The number of halogens is 2. The molecule has 1 aliphatic heterocycles. The van der Waals surface area contributed by atoms with Crippen LogP contribution in [0.2, 0.25) is 10.0 Å². The van der Waals surface area contributed by atoms with Crippen LogP contribution >= 0.6 is 23.2 Å². The van der Waals surface area contributed by atoms with E-state index >= 15 is 0 Å². The summed E-state index contributed by atoms with van der Waals surface area (Å²) in [5.41, 5.74) is 7.23. The number of methoxy groups -OCH3 is 1. The fourth-order valence-corrected chi connectivity index (χ4v) is 3.21. The van der Waals surface area contributed by atoms with Crippen molar-refractivity contribution in [1.82, 2.24) is 0 Å². The van der Waals surface area contributed by atoms with Crippen molar-refractivity contribution in [2.75, 3.05) is 13.7 Å². The van der Waals surface area contributed by atoms with Crippen LogP contribution in [0.3, 0.4) is 0 Å².